The van der Waals surface area contributed by atoms with Crippen molar-refractivity contribution in [3.63, 3.8) is 0 Å². The Labute approximate surface area is 324 Å². The molecule has 0 rings (SSSR count). The minimum Gasteiger partial charge on any atom is -0.756 e. The third kappa shape index (κ3) is 39.2. The van der Waals surface area contributed by atoms with Crippen LogP contribution >= 0.6 is 7.82 Å². The summed E-state index contributed by atoms with van der Waals surface area (Å²) in [7, 11) is 1.13. The van der Waals surface area contributed by atoms with E-state index in [-0.39, 0.29) is 26.1 Å². The highest BCUT2D eigenvalue weighted by molar-refractivity contribution is 7.45. The van der Waals surface area contributed by atoms with Gasteiger partial charge in [-0.1, -0.05) is 139 Å². The van der Waals surface area contributed by atoms with Crippen LogP contribution in [-0.2, 0) is 32.7 Å². The fraction of sp³-hybridized carbons (Fsp3) is 0.721. The zero-order valence-electron chi connectivity index (χ0n) is 34.2. The van der Waals surface area contributed by atoms with Crippen LogP contribution in [-0.4, -0.2) is 70.0 Å². The lowest BCUT2D eigenvalue weighted by molar-refractivity contribution is -0.870. The Balaban J connectivity index is 4.47. The van der Waals surface area contributed by atoms with Crippen molar-refractivity contribution in [2.75, 3.05) is 47.5 Å². The number of unbranched alkanes of at least 4 members (excludes halogenated alkanes) is 15. The smallest absolute Gasteiger partial charge is 0.306 e. The average molecular weight is 766 g/mol. The molecule has 0 radical (unpaired) electrons. The number of phosphoric ester groups is 1. The minimum atomic E-state index is -4.63. The van der Waals surface area contributed by atoms with E-state index in [0.29, 0.717) is 23.9 Å². The van der Waals surface area contributed by atoms with Gasteiger partial charge in [0.2, 0.25) is 0 Å². The Morgan fingerprint density at radius 2 is 1.09 bits per heavy atom. The zero-order chi connectivity index (χ0) is 39.3. The van der Waals surface area contributed by atoms with E-state index in [0.717, 1.165) is 70.6 Å². The van der Waals surface area contributed by atoms with Crippen molar-refractivity contribution in [2.45, 2.75) is 155 Å². The predicted octanol–water partition coefficient (Wildman–Crippen LogP) is 10.7. The number of hydrogen-bond acceptors (Lipinski definition) is 8. The maximum Gasteiger partial charge on any atom is 0.306 e. The fourth-order valence-electron chi connectivity index (χ4n) is 5.13. The molecule has 0 bridgehead atoms. The summed E-state index contributed by atoms with van der Waals surface area (Å²) in [6, 6.07) is 0. The number of carbonyl (C=O) groups excluding carboxylic acids is 2. The number of carbonyl (C=O) groups is 2. The van der Waals surface area contributed by atoms with E-state index in [2.05, 4.69) is 44.2 Å². The first-order valence-electron chi connectivity index (χ1n) is 20.5. The fourth-order valence-corrected chi connectivity index (χ4v) is 5.86. The number of likely N-dealkylation sites (N-methyl/N-ethyl adjacent to an activating group) is 1. The minimum absolute atomic E-state index is 0.0399. The second-order valence-corrected chi connectivity index (χ2v) is 16.1. The van der Waals surface area contributed by atoms with Crippen LogP contribution in [0, 0.1) is 0 Å². The second-order valence-electron chi connectivity index (χ2n) is 14.7. The molecule has 53 heavy (non-hydrogen) atoms. The number of hydrogen-bond donors (Lipinski definition) is 0. The molecule has 0 saturated heterocycles. The molecule has 306 valence electrons. The number of ether oxygens (including phenoxy) is 2. The third-order valence-electron chi connectivity index (χ3n) is 8.37. The van der Waals surface area contributed by atoms with Crippen LogP contribution in [0.15, 0.2) is 60.8 Å². The Morgan fingerprint density at radius 1 is 0.604 bits per heavy atom. The van der Waals surface area contributed by atoms with Gasteiger partial charge in [-0.15, -0.1) is 0 Å². The molecule has 0 aromatic rings. The molecule has 0 fully saturated rings. The van der Waals surface area contributed by atoms with Gasteiger partial charge in [-0.05, 0) is 57.8 Å². The van der Waals surface area contributed by atoms with E-state index in [1.54, 1.807) is 0 Å². The van der Waals surface area contributed by atoms with Crippen molar-refractivity contribution < 1.29 is 42.1 Å². The van der Waals surface area contributed by atoms with E-state index in [4.69, 9.17) is 18.5 Å². The van der Waals surface area contributed by atoms with Gasteiger partial charge < -0.3 is 27.9 Å². The Hall–Kier alpha value is -2.29. The van der Waals surface area contributed by atoms with Crippen molar-refractivity contribution in [1.82, 2.24) is 0 Å². The van der Waals surface area contributed by atoms with Crippen molar-refractivity contribution in [1.29, 1.82) is 0 Å². The van der Waals surface area contributed by atoms with E-state index in [1.807, 2.05) is 51.5 Å². The number of esters is 2. The molecule has 0 aliphatic rings. The van der Waals surface area contributed by atoms with Gasteiger partial charge in [-0.3, -0.25) is 14.2 Å². The number of quaternary nitrogens is 1. The average Bonchev–Trinajstić information content (AvgIpc) is 3.10. The Kier molecular flexibility index (Phi) is 33.9. The van der Waals surface area contributed by atoms with Crippen molar-refractivity contribution >= 4 is 19.8 Å². The van der Waals surface area contributed by atoms with E-state index in [9.17, 15) is 19.0 Å². The van der Waals surface area contributed by atoms with Gasteiger partial charge in [0, 0.05) is 12.8 Å². The van der Waals surface area contributed by atoms with E-state index < -0.39 is 32.5 Å². The first-order valence-corrected chi connectivity index (χ1v) is 22.0. The highest BCUT2D eigenvalue weighted by atomic mass is 31.2. The summed E-state index contributed by atoms with van der Waals surface area (Å²) in [6.45, 7) is 4.02. The molecule has 0 saturated carbocycles. The molecule has 9 nitrogen and oxygen atoms in total. The molecule has 0 aliphatic carbocycles. The largest absolute Gasteiger partial charge is 0.756 e. The standard InChI is InChI=1S/C43H76NO8P/c1-6-8-10-12-14-16-18-20-22-24-26-28-30-32-34-36-43(46)52-41(40-51-53(47,48)50-38-37-44(3,4)5)39-49-42(45)35-33-31-29-27-25-23-21-19-17-15-13-11-9-7-2/h8,10,12,14,16,18-22,41H,6-7,9,11,13,15,17,23-40H2,1-5H3/b10-8+,14-12+,18-16+,21-19+,22-20+/t41-/m1/s1. The SMILES string of the molecule is CC/C=C/C=C/C=C/C=C/CCCCCCCC(=O)O[C@H](COC(=O)CCCCCCC/C=C/CCCCCCC)COP(=O)([O-])OCC[N+](C)(C)C. The molecule has 1 unspecified atom stereocenters. The summed E-state index contributed by atoms with van der Waals surface area (Å²) in [5, 5.41) is 0. The summed E-state index contributed by atoms with van der Waals surface area (Å²) in [5.74, 6) is -0.878. The molecule has 0 spiro atoms. The third-order valence-corrected chi connectivity index (χ3v) is 9.33. The normalized spacial score (nSPS) is 14.3. The van der Waals surface area contributed by atoms with Crippen LogP contribution in [0.3, 0.4) is 0 Å². The first kappa shape index (κ1) is 50.7. The molecule has 10 heteroatoms. The van der Waals surface area contributed by atoms with E-state index >= 15 is 0 Å². The van der Waals surface area contributed by atoms with Gasteiger partial charge in [-0.2, -0.15) is 0 Å². The van der Waals surface area contributed by atoms with Crippen molar-refractivity contribution in [2.24, 2.45) is 0 Å². The summed E-state index contributed by atoms with van der Waals surface area (Å²) in [5.41, 5.74) is 0. The van der Waals surface area contributed by atoms with Gasteiger partial charge in [0.05, 0.1) is 27.7 Å². The van der Waals surface area contributed by atoms with Gasteiger partial charge in [-0.25, -0.2) is 0 Å². The molecular weight excluding hydrogens is 689 g/mol. The molecule has 0 heterocycles. The molecular formula is C43H76NO8P. The molecule has 0 aromatic carbocycles. The molecule has 0 aromatic heterocycles. The molecule has 0 amide bonds. The number of rotatable bonds is 36. The summed E-state index contributed by atoms with van der Waals surface area (Å²) < 4.78 is 33.8. The number of nitrogens with zero attached hydrogens (tertiary/aromatic N) is 1. The van der Waals surface area contributed by atoms with Gasteiger partial charge in [0.1, 0.15) is 19.8 Å². The van der Waals surface area contributed by atoms with Gasteiger partial charge >= 0.3 is 11.9 Å². The van der Waals surface area contributed by atoms with Crippen molar-refractivity contribution in [3.8, 4) is 0 Å². The van der Waals surface area contributed by atoms with E-state index in [1.165, 1.54) is 38.5 Å². The summed E-state index contributed by atoms with van der Waals surface area (Å²) >= 11 is 0. The highest BCUT2D eigenvalue weighted by Gasteiger charge is 2.21. The first-order chi connectivity index (χ1) is 25.5. The van der Waals surface area contributed by atoms with Crippen LogP contribution < -0.4 is 4.89 Å². The predicted molar refractivity (Wildman–Crippen MR) is 217 cm³/mol. The zero-order valence-corrected chi connectivity index (χ0v) is 35.1. The van der Waals surface area contributed by atoms with Crippen LogP contribution in [0.1, 0.15) is 149 Å². The lowest BCUT2D eigenvalue weighted by Gasteiger charge is -2.28. The molecule has 0 aliphatic heterocycles. The number of allylic oxidation sites excluding steroid dienone is 10. The Bertz CT molecular complexity index is 1090. The monoisotopic (exact) mass is 766 g/mol. The summed E-state index contributed by atoms with van der Waals surface area (Å²) in [6.07, 6.45) is 41.0. The van der Waals surface area contributed by atoms with Gasteiger partial charge in [0.15, 0.2) is 6.10 Å². The van der Waals surface area contributed by atoms with Crippen molar-refractivity contribution in [3.05, 3.63) is 60.8 Å². The highest BCUT2D eigenvalue weighted by Crippen LogP contribution is 2.38. The lowest BCUT2D eigenvalue weighted by Crippen LogP contribution is -2.37. The Morgan fingerprint density at radius 3 is 1.66 bits per heavy atom. The molecule has 2 atom stereocenters. The topological polar surface area (TPSA) is 111 Å². The molecule has 0 N–H and O–H groups in total. The van der Waals surface area contributed by atoms with Crippen LogP contribution in [0.25, 0.3) is 0 Å². The lowest BCUT2D eigenvalue weighted by atomic mass is 10.1. The van der Waals surface area contributed by atoms with Crippen LogP contribution in [0.4, 0.5) is 0 Å². The second kappa shape index (κ2) is 35.4. The van der Waals surface area contributed by atoms with Gasteiger partial charge in [0.25, 0.3) is 7.82 Å². The number of phosphoric acid groups is 1. The van der Waals surface area contributed by atoms with Crippen LogP contribution in [0.5, 0.6) is 0 Å². The van der Waals surface area contributed by atoms with Crippen LogP contribution in [0.2, 0.25) is 0 Å². The maximum atomic E-state index is 12.6. The maximum absolute atomic E-state index is 12.6. The summed E-state index contributed by atoms with van der Waals surface area (Å²) in [4.78, 5) is 37.4. The quantitative estimate of drug-likeness (QED) is 0.0155.